The van der Waals surface area contributed by atoms with Crippen molar-refractivity contribution < 1.29 is 5.11 Å². The highest BCUT2D eigenvalue weighted by atomic mass is 16.3. The molecule has 0 amide bonds. The lowest BCUT2D eigenvalue weighted by molar-refractivity contribution is 0.0810. The largest absolute Gasteiger partial charge is 0.390 e. The van der Waals surface area contributed by atoms with Crippen molar-refractivity contribution in [3.8, 4) is 0 Å². The minimum absolute atomic E-state index is 0.623. The van der Waals surface area contributed by atoms with E-state index in [9.17, 15) is 5.11 Å². The SMILES string of the molecule is CC=Cc1ccc(CC(C)(C)O)cc1. The highest BCUT2D eigenvalue weighted by Gasteiger charge is 2.12. The van der Waals surface area contributed by atoms with E-state index in [2.05, 4.69) is 30.3 Å². The van der Waals surface area contributed by atoms with E-state index < -0.39 is 5.60 Å². The van der Waals surface area contributed by atoms with Crippen LogP contribution in [0.4, 0.5) is 0 Å². The van der Waals surface area contributed by atoms with Crippen LogP contribution in [-0.2, 0) is 6.42 Å². The van der Waals surface area contributed by atoms with Crippen LogP contribution in [0.1, 0.15) is 31.9 Å². The lowest BCUT2D eigenvalue weighted by Gasteiger charge is -2.16. The third-order valence-corrected chi connectivity index (χ3v) is 1.98. The van der Waals surface area contributed by atoms with Gasteiger partial charge in [-0.05, 0) is 31.9 Å². The quantitative estimate of drug-likeness (QED) is 0.776. The van der Waals surface area contributed by atoms with Crippen LogP contribution in [0.25, 0.3) is 6.08 Å². The average Bonchev–Trinajstić information content (AvgIpc) is 2.06. The van der Waals surface area contributed by atoms with Crippen LogP contribution in [0.2, 0.25) is 0 Å². The number of rotatable bonds is 3. The molecule has 0 aliphatic carbocycles. The molecule has 1 aromatic rings. The van der Waals surface area contributed by atoms with Gasteiger partial charge < -0.3 is 5.11 Å². The molecular formula is C13H18O. The first-order chi connectivity index (χ1) is 6.51. The molecule has 1 N–H and O–H groups in total. The van der Waals surface area contributed by atoms with E-state index in [1.807, 2.05) is 26.8 Å². The Bertz CT molecular complexity index is 301. The summed E-state index contributed by atoms with van der Waals surface area (Å²) in [5.41, 5.74) is 1.75. The minimum Gasteiger partial charge on any atom is -0.390 e. The van der Waals surface area contributed by atoms with Crippen LogP contribution in [0.15, 0.2) is 30.3 Å². The van der Waals surface area contributed by atoms with Gasteiger partial charge >= 0.3 is 0 Å². The molecule has 14 heavy (non-hydrogen) atoms. The second kappa shape index (κ2) is 4.43. The Morgan fingerprint density at radius 3 is 2.21 bits per heavy atom. The normalized spacial score (nSPS) is 12.3. The van der Waals surface area contributed by atoms with Gasteiger partial charge in [0.05, 0.1) is 5.60 Å². The van der Waals surface area contributed by atoms with Gasteiger partial charge in [-0.3, -0.25) is 0 Å². The zero-order valence-corrected chi connectivity index (χ0v) is 9.12. The van der Waals surface area contributed by atoms with Crippen LogP contribution in [0, 0.1) is 0 Å². The van der Waals surface area contributed by atoms with Crippen molar-refractivity contribution >= 4 is 6.08 Å². The summed E-state index contributed by atoms with van der Waals surface area (Å²) >= 11 is 0. The lowest BCUT2D eigenvalue weighted by Crippen LogP contribution is -2.21. The van der Waals surface area contributed by atoms with Gasteiger partial charge in [-0.15, -0.1) is 0 Å². The highest BCUT2D eigenvalue weighted by molar-refractivity contribution is 5.49. The molecule has 0 aliphatic heterocycles. The first-order valence-electron chi connectivity index (χ1n) is 4.95. The molecule has 0 radical (unpaired) electrons. The van der Waals surface area contributed by atoms with Crippen LogP contribution in [0.5, 0.6) is 0 Å². The van der Waals surface area contributed by atoms with Gasteiger partial charge in [0.25, 0.3) is 0 Å². The maximum atomic E-state index is 9.63. The lowest BCUT2D eigenvalue weighted by atomic mass is 9.98. The molecule has 76 valence electrons. The predicted octanol–water partition coefficient (Wildman–Crippen LogP) is 3.03. The first-order valence-corrected chi connectivity index (χ1v) is 4.95. The Morgan fingerprint density at radius 1 is 1.21 bits per heavy atom. The fraction of sp³-hybridized carbons (Fsp3) is 0.385. The van der Waals surface area contributed by atoms with E-state index >= 15 is 0 Å². The molecule has 0 spiro atoms. The maximum Gasteiger partial charge on any atom is 0.0631 e. The molecule has 0 heterocycles. The molecule has 0 fully saturated rings. The summed E-state index contributed by atoms with van der Waals surface area (Å²) in [6, 6.07) is 8.27. The van der Waals surface area contributed by atoms with Crippen molar-refractivity contribution in [2.45, 2.75) is 32.8 Å². The molecule has 1 rings (SSSR count). The molecule has 1 nitrogen and oxygen atoms in total. The molecule has 0 saturated carbocycles. The third-order valence-electron chi connectivity index (χ3n) is 1.98. The number of allylic oxidation sites excluding steroid dienone is 1. The van der Waals surface area contributed by atoms with Crippen LogP contribution < -0.4 is 0 Å². The number of benzene rings is 1. The van der Waals surface area contributed by atoms with Gasteiger partial charge in [-0.25, -0.2) is 0 Å². The summed E-state index contributed by atoms with van der Waals surface area (Å²) in [5, 5.41) is 9.63. The minimum atomic E-state index is -0.623. The second-order valence-electron chi connectivity index (χ2n) is 4.23. The Hall–Kier alpha value is -1.08. The number of hydrogen-bond acceptors (Lipinski definition) is 1. The third kappa shape index (κ3) is 3.75. The van der Waals surface area contributed by atoms with E-state index in [1.165, 1.54) is 11.1 Å². The van der Waals surface area contributed by atoms with E-state index in [4.69, 9.17) is 0 Å². The van der Waals surface area contributed by atoms with E-state index in [0.717, 1.165) is 0 Å². The molecular weight excluding hydrogens is 172 g/mol. The van der Waals surface area contributed by atoms with Crippen LogP contribution in [-0.4, -0.2) is 10.7 Å². The summed E-state index contributed by atoms with van der Waals surface area (Å²) < 4.78 is 0. The van der Waals surface area contributed by atoms with Crippen LogP contribution >= 0.6 is 0 Å². The zero-order chi connectivity index (χ0) is 10.6. The molecule has 0 bridgehead atoms. The zero-order valence-electron chi connectivity index (χ0n) is 9.12. The Labute approximate surface area is 86.1 Å². The van der Waals surface area contributed by atoms with Gasteiger partial charge in [0.15, 0.2) is 0 Å². The second-order valence-corrected chi connectivity index (χ2v) is 4.23. The van der Waals surface area contributed by atoms with Crippen molar-refractivity contribution in [3.05, 3.63) is 41.5 Å². The van der Waals surface area contributed by atoms with Gasteiger partial charge in [-0.1, -0.05) is 36.4 Å². The fourth-order valence-corrected chi connectivity index (χ4v) is 1.44. The van der Waals surface area contributed by atoms with Gasteiger partial charge in [0.2, 0.25) is 0 Å². The molecule has 0 aliphatic rings. The van der Waals surface area contributed by atoms with Crippen LogP contribution in [0.3, 0.4) is 0 Å². The summed E-state index contributed by atoms with van der Waals surface area (Å²) in [6.45, 7) is 5.66. The monoisotopic (exact) mass is 190 g/mol. The van der Waals surface area contributed by atoms with E-state index in [0.29, 0.717) is 6.42 Å². The molecule has 1 heteroatoms. The highest BCUT2D eigenvalue weighted by Crippen LogP contribution is 2.13. The van der Waals surface area contributed by atoms with Gasteiger partial charge in [0.1, 0.15) is 0 Å². The molecule has 0 atom stereocenters. The van der Waals surface area contributed by atoms with Crippen molar-refractivity contribution in [1.82, 2.24) is 0 Å². The van der Waals surface area contributed by atoms with Crippen molar-refractivity contribution in [2.24, 2.45) is 0 Å². The Balaban J connectivity index is 2.74. The van der Waals surface area contributed by atoms with Gasteiger partial charge in [0, 0.05) is 6.42 Å². The molecule has 0 aromatic heterocycles. The molecule has 1 aromatic carbocycles. The maximum absolute atomic E-state index is 9.63. The fourth-order valence-electron chi connectivity index (χ4n) is 1.44. The molecule has 0 saturated heterocycles. The smallest absolute Gasteiger partial charge is 0.0631 e. The predicted molar refractivity (Wildman–Crippen MR) is 61.2 cm³/mol. The van der Waals surface area contributed by atoms with E-state index in [1.54, 1.807) is 0 Å². The molecule has 0 unspecified atom stereocenters. The van der Waals surface area contributed by atoms with Crippen molar-refractivity contribution in [1.29, 1.82) is 0 Å². The van der Waals surface area contributed by atoms with Gasteiger partial charge in [-0.2, -0.15) is 0 Å². The number of aliphatic hydroxyl groups is 1. The summed E-state index contributed by atoms with van der Waals surface area (Å²) in [7, 11) is 0. The number of hydrogen-bond donors (Lipinski definition) is 1. The Morgan fingerprint density at radius 2 is 1.79 bits per heavy atom. The van der Waals surface area contributed by atoms with E-state index in [-0.39, 0.29) is 0 Å². The topological polar surface area (TPSA) is 20.2 Å². The Kier molecular flexibility index (Phi) is 3.48. The average molecular weight is 190 g/mol. The first kappa shape index (κ1) is 11.0. The summed E-state index contributed by atoms with van der Waals surface area (Å²) in [5.74, 6) is 0. The standard InChI is InChI=1S/C13H18O/c1-4-5-11-6-8-12(9-7-11)10-13(2,3)14/h4-9,14H,10H2,1-3H3. The van der Waals surface area contributed by atoms with Crippen molar-refractivity contribution in [2.75, 3.05) is 0 Å². The van der Waals surface area contributed by atoms with Crippen molar-refractivity contribution in [3.63, 3.8) is 0 Å². The summed E-state index contributed by atoms with van der Waals surface area (Å²) in [4.78, 5) is 0. The summed E-state index contributed by atoms with van der Waals surface area (Å²) in [6.07, 6.45) is 4.78.